The molecule has 1 aliphatic rings. The number of ether oxygens (including phenoxy) is 1. The fourth-order valence-corrected chi connectivity index (χ4v) is 3.66. The monoisotopic (exact) mass is 340 g/mol. The number of carbonyl (C=O) groups is 1. The Bertz CT molecular complexity index is 673. The first-order valence-corrected chi connectivity index (χ1v) is 9.38. The van der Waals surface area contributed by atoms with E-state index in [2.05, 4.69) is 4.72 Å². The minimum Gasteiger partial charge on any atom is -0.375 e. The highest BCUT2D eigenvalue weighted by molar-refractivity contribution is 7.89. The number of benzene rings is 1. The highest BCUT2D eigenvalue weighted by atomic mass is 32.2. The van der Waals surface area contributed by atoms with Crippen LogP contribution >= 0.6 is 0 Å². The van der Waals surface area contributed by atoms with Gasteiger partial charge in [-0.2, -0.15) is 0 Å². The van der Waals surface area contributed by atoms with Crippen LogP contribution in [0.1, 0.15) is 36.2 Å². The first-order chi connectivity index (χ1) is 10.9. The van der Waals surface area contributed by atoms with Gasteiger partial charge in [-0.1, -0.05) is 19.9 Å². The molecule has 128 valence electrons. The van der Waals surface area contributed by atoms with Crippen molar-refractivity contribution in [2.24, 2.45) is 0 Å². The van der Waals surface area contributed by atoms with E-state index in [0.29, 0.717) is 31.8 Å². The fourth-order valence-electron chi connectivity index (χ4n) is 2.59. The lowest BCUT2D eigenvalue weighted by atomic mass is 10.1. The third-order valence-electron chi connectivity index (χ3n) is 3.97. The number of morpholine rings is 1. The van der Waals surface area contributed by atoms with Crippen molar-refractivity contribution in [1.29, 1.82) is 0 Å². The maximum Gasteiger partial charge on any atom is 0.254 e. The number of aryl methyl sites for hydroxylation is 1. The van der Waals surface area contributed by atoms with Crippen LogP contribution in [-0.2, 0) is 14.8 Å². The van der Waals surface area contributed by atoms with Crippen LogP contribution in [0.4, 0.5) is 0 Å². The summed E-state index contributed by atoms with van der Waals surface area (Å²) in [6.45, 7) is 7.44. The maximum absolute atomic E-state index is 12.8. The second kappa shape index (κ2) is 7.42. The molecule has 1 fully saturated rings. The average molecular weight is 340 g/mol. The van der Waals surface area contributed by atoms with Gasteiger partial charge in [-0.05, 0) is 31.0 Å². The highest BCUT2D eigenvalue weighted by Crippen LogP contribution is 2.19. The highest BCUT2D eigenvalue weighted by Gasteiger charge is 2.26. The minimum absolute atomic E-state index is 0.0432. The number of nitrogens with zero attached hydrogens (tertiary/aromatic N) is 1. The van der Waals surface area contributed by atoms with Gasteiger partial charge in [0.25, 0.3) is 5.91 Å². The van der Waals surface area contributed by atoms with Crippen LogP contribution < -0.4 is 4.72 Å². The molecule has 1 N–H and O–H groups in total. The van der Waals surface area contributed by atoms with Gasteiger partial charge in [-0.3, -0.25) is 4.79 Å². The van der Waals surface area contributed by atoms with Crippen molar-refractivity contribution < 1.29 is 17.9 Å². The molecule has 1 aliphatic heterocycles. The van der Waals surface area contributed by atoms with Gasteiger partial charge in [-0.25, -0.2) is 13.1 Å². The summed E-state index contributed by atoms with van der Waals surface area (Å²) in [6, 6.07) is 4.67. The van der Waals surface area contributed by atoms with Crippen LogP contribution in [0.15, 0.2) is 23.1 Å². The molecule has 1 aromatic carbocycles. The van der Waals surface area contributed by atoms with E-state index < -0.39 is 10.0 Å². The van der Waals surface area contributed by atoms with Gasteiger partial charge in [0.05, 0.1) is 17.6 Å². The number of amides is 1. The molecule has 1 heterocycles. The van der Waals surface area contributed by atoms with Crippen molar-refractivity contribution in [1.82, 2.24) is 9.62 Å². The van der Waals surface area contributed by atoms with Crippen LogP contribution in [0.2, 0.25) is 0 Å². The topological polar surface area (TPSA) is 75.7 Å². The molecular weight excluding hydrogens is 316 g/mol. The SMILES string of the molecule is CCNS(=O)(=O)c1ccc(C)c(C(=O)N2CCOC(CC)C2)c1. The van der Waals surface area contributed by atoms with Crippen LogP contribution in [0, 0.1) is 6.92 Å². The van der Waals surface area contributed by atoms with Gasteiger partial charge in [-0.15, -0.1) is 0 Å². The lowest BCUT2D eigenvalue weighted by Crippen LogP contribution is -2.45. The molecule has 0 radical (unpaired) electrons. The first kappa shape index (κ1) is 17.9. The Morgan fingerprint density at radius 3 is 2.78 bits per heavy atom. The van der Waals surface area contributed by atoms with E-state index in [1.54, 1.807) is 17.9 Å². The molecular formula is C16H24N2O4S. The van der Waals surface area contributed by atoms with Crippen LogP contribution in [0.25, 0.3) is 0 Å². The van der Waals surface area contributed by atoms with E-state index >= 15 is 0 Å². The van der Waals surface area contributed by atoms with Gasteiger partial charge < -0.3 is 9.64 Å². The molecule has 6 nitrogen and oxygen atoms in total. The summed E-state index contributed by atoms with van der Waals surface area (Å²) >= 11 is 0. The van der Waals surface area contributed by atoms with Crippen LogP contribution in [0.3, 0.4) is 0 Å². The summed E-state index contributed by atoms with van der Waals surface area (Å²) in [6.07, 6.45) is 0.888. The lowest BCUT2D eigenvalue weighted by molar-refractivity contribution is -0.0226. The molecule has 1 unspecified atom stereocenters. The predicted molar refractivity (Wildman–Crippen MR) is 88.0 cm³/mol. The van der Waals surface area contributed by atoms with Gasteiger partial charge >= 0.3 is 0 Å². The first-order valence-electron chi connectivity index (χ1n) is 7.90. The zero-order valence-corrected chi connectivity index (χ0v) is 14.6. The average Bonchev–Trinajstić information content (AvgIpc) is 2.54. The largest absolute Gasteiger partial charge is 0.375 e. The number of rotatable bonds is 5. The summed E-state index contributed by atoms with van der Waals surface area (Å²) in [5.74, 6) is -0.141. The summed E-state index contributed by atoms with van der Waals surface area (Å²) in [7, 11) is -3.57. The van der Waals surface area contributed by atoms with E-state index in [0.717, 1.165) is 12.0 Å². The number of hydrogen-bond donors (Lipinski definition) is 1. The smallest absolute Gasteiger partial charge is 0.254 e. The van der Waals surface area contributed by atoms with E-state index in [-0.39, 0.29) is 16.9 Å². The Labute approximate surface area is 137 Å². The second-order valence-electron chi connectivity index (χ2n) is 5.63. The summed E-state index contributed by atoms with van der Waals surface area (Å²) in [5.41, 5.74) is 1.20. The van der Waals surface area contributed by atoms with Crippen LogP contribution in [0.5, 0.6) is 0 Å². The van der Waals surface area contributed by atoms with E-state index in [1.165, 1.54) is 12.1 Å². The molecule has 0 aliphatic carbocycles. The Balaban J connectivity index is 2.30. The summed E-state index contributed by atoms with van der Waals surface area (Å²) in [4.78, 5) is 14.6. The molecule has 0 aromatic heterocycles. The molecule has 23 heavy (non-hydrogen) atoms. The van der Waals surface area contributed by atoms with Crippen molar-refractivity contribution in [2.75, 3.05) is 26.2 Å². The van der Waals surface area contributed by atoms with E-state index in [4.69, 9.17) is 4.74 Å². The molecule has 2 rings (SSSR count). The van der Waals surface area contributed by atoms with Gasteiger partial charge in [0.15, 0.2) is 0 Å². The molecule has 1 atom stereocenters. The quantitative estimate of drug-likeness (QED) is 0.882. The Hall–Kier alpha value is -1.44. The molecule has 0 bridgehead atoms. The zero-order chi connectivity index (χ0) is 17.0. The predicted octanol–water partition coefficient (Wildman–Crippen LogP) is 1.54. The molecule has 1 aromatic rings. The van der Waals surface area contributed by atoms with Crippen molar-refractivity contribution in [2.45, 2.75) is 38.2 Å². The lowest BCUT2D eigenvalue weighted by Gasteiger charge is -2.33. The summed E-state index contributed by atoms with van der Waals surface area (Å²) < 4.78 is 32.3. The third kappa shape index (κ3) is 4.10. The van der Waals surface area contributed by atoms with Gasteiger partial charge in [0, 0.05) is 25.2 Å². The van der Waals surface area contributed by atoms with Gasteiger partial charge in [0.1, 0.15) is 0 Å². The van der Waals surface area contributed by atoms with E-state index in [1.807, 2.05) is 13.8 Å². The fraction of sp³-hybridized carbons (Fsp3) is 0.562. The van der Waals surface area contributed by atoms with Crippen molar-refractivity contribution >= 4 is 15.9 Å². The molecule has 0 spiro atoms. The third-order valence-corrected chi connectivity index (χ3v) is 5.51. The Kier molecular flexibility index (Phi) is 5.78. The summed E-state index contributed by atoms with van der Waals surface area (Å²) in [5, 5.41) is 0. The number of carbonyl (C=O) groups excluding carboxylic acids is 1. The molecule has 1 saturated heterocycles. The number of sulfonamides is 1. The zero-order valence-electron chi connectivity index (χ0n) is 13.8. The number of nitrogens with one attached hydrogen (secondary N) is 1. The second-order valence-corrected chi connectivity index (χ2v) is 7.40. The molecule has 0 saturated carbocycles. The van der Waals surface area contributed by atoms with Crippen molar-refractivity contribution in [3.05, 3.63) is 29.3 Å². The Morgan fingerprint density at radius 1 is 1.39 bits per heavy atom. The van der Waals surface area contributed by atoms with E-state index in [9.17, 15) is 13.2 Å². The molecule has 7 heteroatoms. The van der Waals surface area contributed by atoms with Crippen molar-refractivity contribution in [3.63, 3.8) is 0 Å². The van der Waals surface area contributed by atoms with Crippen molar-refractivity contribution in [3.8, 4) is 0 Å². The minimum atomic E-state index is -3.57. The number of hydrogen-bond acceptors (Lipinski definition) is 4. The van der Waals surface area contributed by atoms with Gasteiger partial charge in [0.2, 0.25) is 10.0 Å². The standard InChI is InChI=1S/C16H24N2O4S/c1-4-13-11-18(8-9-22-13)16(19)15-10-14(7-6-12(15)3)23(20,21)17-5-2/h6-7,10,13,17H,4-5,8-9,11H2,1-3H3. The molecule has 1 amide bonds. The van der Waals surface area contributed by atoms with Crippen LogP contribution in [-0.4, -0.2) is 51.6 Å². The normalized spacial score (nSPS) is 18.9. The maximum atomic E-state index is 12.8. The Morgan fingerprint density at radius 2 is 2.13 bits per heavy atom.